The number of nitrogens with zero attached hydrogens (tertiary/aromatic N) is 1. The number of hydrogen-bond donors (Lipinski definition) is 2. The molecule has 0 bridgehead atoms. The number of rotatable bonds is 9. The Balaban J connectivity index is 1.52. The van der Waals surface area contributed by atoms with Crippen LogP contribution in [0.15, 0.2) is 18.2 Å². The van der Waals surface area contributed by atoms with E-state index in [1.165, 1.54) is 19.1 Å². The summed E-state index contributed by atoms with van der Waals surface area (Å²) in [5, 5.41) is 4.92. The first-order valence-corrected chi connectivity index (χ1v) is 10.1. The maximum atomic E-state index is 12.8. The van der Waals surface area contributed by atoms with Crippen LogP contribution in [-0.4, -0.2) is 53.6 Å². The lowest BCUT2D eigenvalue weighted by molar-refractivity contribution is -0.136. The molecule has 30 heavy (non-hydrogen) atoms. The highest BCUT2D eigenvalue weighted by molar-refractivity contribution is 6.23. The summed E-state index contributed by atoms with van der Waals surface area (Å²) in [6.07, 6.45) is 3.87. The lowest BCUT2D eigenvalue weighted by Crippen LogP contribution is -2.54. The maximum Gasteiger partial charge on any atom is 0.262 e. The van der Waals surface area contributed by atoms with Crippen LogP contribution in [0.3, 0.4) is 0 Å². The number of carbonyl (C=O) groups excluding carboxylic acids is 5. The summed E-state index contributed by atoms with van der Waals surface area (Å²) >= 11 is 0. The van der Waals surface area contributed by atoms with Crippen molar-refractivity contribution in [3.05, 3.63) is 29.3 Å². The van der Waals surface area contributed by atoms with Crippen molar-refractivity contribution in [3.63, 3.8) is 0 Å². The number of carbonyl (C=O) groups is 5. The number of unbranched alkanes of at least 4 members (excludes halogenated alkanes) is 3. The third kappa shape index (κ3) is 4.84. The quantitative estimate of drug-likeness (QED) is 0.461. The molecule has 2 N–H and O–H groups in total. The molecule has 5 amide bonds. The maximum absolute atomic E-state index is 12.8. The molecule has 2 aliphatic heterocycles. The molecule has 0 aliphatic carbocycles. The summed E-state index contributed by atoms with van der Waals surface area (Å²) in [6.45, 7) is 2.63. The van der Waals surface area contributed by atoms with E-state index >= 15 is 0 Å². The van der Waals surface area contributed by atoms with Crippen molar-refractivity contribution in [2.45, 2.75) is 51.5 Å². The molecule has 0 aromatic heterocycles. The predicted molar refractivity (Wildman–Crippen MR) is 106 cm³/mol. The van der Waals surface area contributed by atoms with Crippen molar-refractivity contribution in [3.8, 4) is 5.75 Å². The summed E-state index contributed by atoms with van der Waals surface area (Å²) in [6, 6.07) is 3.72. The van der Waals surface area contributed by atoms with Crippen LogP contribution in [0.5, 0.6) is 5.75 Å². The largest absolute Gasteiger partial charge is 0.494 e. The van der Waals surface area contributed by atoms with Crippen LogP contribution < -0.4 is 15.4 Å². The van der Waals surface area contributed by atoms with Crippen LogP contribution in [0.1, 0.15) is 66.2 Å². The lowest BCUT2D eigenvalue weighted by Gasteiger charge is -2.27. The molecule has 0 spiro atoms. The second-order valence-corrected chi connectivity index (χ2v) is 7.40. The van der Waals surface area contributed by atoms with Gasteiger partial charge in [0, 0.05) is 19.9 Å². The van der Waals surface area contributed by atoms with Gasteiger partial charge in [-0.3, -0.25) is 34.2 Å². The van der Waals surface area contributed by atoms with Gasteiger partial charge >= 0.3 is 0 Å². The Morgan fingerprint density at radius 1 is 1.10 bits per heavy atom. The van der Waals surface area contributed by atoms with Crippen LogP contribution in [0.4, 0.5) is 0 Å². The van der Waals surface area contributed by atoms with E-state index < -0.39 is 29.7 Å². The molecule has 1 aromatic carbocycles. The first-order chi connectivity index (χ1) is 14.4. The van der Waals surface area contributed by atoms with Crippen molar-refractivity contribution in [1.29, 1.82) is 0 Å². The van der Waals surface area contributed by atoms with Gasteiger partial charge in [0.15, 0.2) is 0 Å². The molecule has 1 aromatic rings. The zero-order valence-electron chi connectivity index (χ0n) is 16.9. The molecule has 2 heterocycles. The number of amides is 5. The Kier molecular flexibility index (Phi) is 6.81. The van der Waals surface area contributed by atoms with Crippen LogP contribution >= 0.6 is 0 Å². The Morgan fingerprint density at radius 3 is 2.57 bits per heavy atom. The number of ether oxygens (including phenoxy) is 1. The van der Waals surface area contributed by atoms with Gasteiger partial charge in [-0.1, -0.05) is 12.8 Å². The third-order valence-electron chi connectivity index (χ3n) is 5.13. The zero-order chi connectivity index (χ0) is 21.7. The van der Waals surface area contributed by atoms with Crippen LogP contribution in [-0.2, 0) is 14.4 Å². The third-order valence-corrected chi connectivity index (χ3v) is 5.13. The minimum atomic E-state index is -0.975. The minimum Gasteiger partial charge on any atom is -0.494 e. The molecule has 0 radical (unpaired) electrons. The van der Waals surface area contributed by atoms with Crippen LogP contribution in [0.25, 0.3) is 0 Å². The molecule has 1 unspecified atom stereocenters. The van der Waals surface area contributed by atoms with Gasteiger partial charge in [0.2, 0.25) is 17.7 Å². The van der Waals surface area contributed by atoms with Gasteiger partial charge in [0.25, 0.3) is 11.8 Å². The predicted octanol–water partition coefficient (Wildman–Crippen LogP) is 1.16. The fourth-order valence-corrected chi connectivity index (χ4v) is 3.57. The molecule has 3 rings (SSSR count). The Hall–Kier alpha value is -3.23. The Bertz CT molecular complexity index is 881. The molecule has 1 fully saturated rings. The normalized spacial score (nSPS) is 18.3. The molecular weight excluding hydrogens is 390 g/mol. The second-order valence-electron chi connectivity index (χ2n) is 7.40. The first-order valence-electron chi connectivity index (χ1n) is 10.1. The summed E-state index contributed by atoms with van der Waals surface area (Å²) < 4.78 is 5.70. The summed E-state index contributed by atoms with van der Waals surface area (Å²) in [7, 11) is 0. The van der Waals surface area contributed by atoms with E-state index in [0.29, 0.717) is 18.9 Å². The standard InChI is InChI=1S/C21H25N3O6/c1-13(25)22-10-4-2-3-5-11-30-14-6-7-15-16(12-14)21(29)24(20(15)28)17-8-9-18(26)23-19(17)27/h6-7,12,17H,2-5,8-11H2,1H3,(H,22,25)(H,23,26,27). The minimum absolute atomic E-state index is 0.0286. The van der Waals surface area contributed by atoms with Gasteiger partial charge in [0.05, 0.1) is 17.7 Å². The van der Waals surface area contributed by atoms with E-state index in [0.717, 1.165) is 30.6 Å². The van der Waals surface area contributed by atoms with Crippen molar-refractivity contribution < 1.29 is 28.7 Å². The van der Waals surface area contributed by atoms with Gasteiger partial charge in [-0.15, -0.1) is 0 Å². The topological polar surface area (TPSA) is 122 Å². The molecule has 9 nitrogen and oxygen atoms in total. The molecular formula is C21H25N3O6. The highest BCUT2D eigenvalue weighted by Gasteiger charge is 2.44. The number of nitrogens with one attached hydrogen (secondary N) is 2. The lowest BCUT2D eigenvalue weighted by atomic mass is 10.0. The first kappa shape index (κ1) is 21.5. The van der Waals surface area contributed by atoms with Gasteiger partial charge in [0.1, 0.15) is 11.8 Å². The number of fused-ring (bicyclic) bond motifs is 1. The van der Waals surface area contributed by atoms with E-state index in [1.54, 1.807) is 6.07 Å². The van der Waals surface area contributed by atoms with Crippen molar-refractivity contribution in [2.75, 3.05) is 13.2 Å². The second kappa shape index (κ2) is 9.51. The van der Waals surface area contributed by atoms with E-state index in [1.807, 2.05) is 0 Å². The van der Waals surface area contributed by atoms with Crippen molar-refractivity contribution in [2.24, 2.45) is 0 Å². The number of benzene rings is 1. The Morgan fingerprint density at radius 2 is 1.83 bits per heavy atom. The van der Waals surface area contributed by atoms with E-state index in [-0.39, 0.29) is 29.9 Å². The van der Waals surface area contributed by atoms with E-state index in [4.69, 9.17) is 4.74 Å². The molecule has 2 aliphatic rings. The van der Waals surface area contributed by atoms with E-state index in [9.17, 15) is 24.0 Å². The summed E-state index contributed by atoms with van der Waals surface area (Å²) in [4.78, 5) is 60.5. The van der Waals surface area contributed by atoms with Crippen molar-refractivity contribution in [1.82, 2.24) is 15.5 Å². The van der Waals surface area contributed by atoms with Crippen LogP contribution in [0.2, 0.25) is 0 Å². The SMILES string of the molecule is CC(=O)NCCCCCCOc1ccc2c(c1)C(=O)N(C1CCC(=O)NC1=O)C2=O. The number of hydrogen-bond acceptors (Lipinski definition) is 6. The summed E-state index contributed by atoms with van der Waals surface area (Å²) in [5.41, 5.74) is 0.438. The Labute approximate surface area is 174 Å². The number of piperidine rings is 1. The molecule has 160 valence electrons. The van der Waals surface area contributed by atoms with Gasteiger partial charge in [-0.25, -0.2) is 0 Å². The number of imide groups is 2. The monoisotopic (exact) mass is 415 g/mol. The fourth-order valence-electron chi connectivity index (χ4n) is 3.57. The highest BCUT2D eigenvalue weighted by atomic mass is 16.5. The van der Waals surface area contributed by atoms with E-state index in [2.05, 4.69) is 10.6 Å². The average Bonchev–Trinajstić information content (AvgIpc) is 2.94. The highest BCUT2D eigenvalue weighted by Crippen LogP contribution is 2.30. The van der Waals surface area contributed by atoms with Gasteiger partial charge < -0.3 is 10.1 Å². The van der Waals surface area contributed by atoms with Crippen molar-refractivity contribution >= 4 is 29.5 Å². The molecule has 1 saturated heterocycles. The molecule has 0 saturated carbocycles. The van der Waals surface area contributed by atoms with Gasteiger partial charge in [-0.2, -0.15) is 0 Å². The fraction of sp³-hybridized carbons (Fsp3) is 0.476. The molecule has 9 heteroatoms. The molecule has 1 atom stereocenters. The average molecular weight is 415 g/mol. The van der Waals surface area contributed by atoms with Crippen LogP contribution in [0, 0.1) is 0 Å². The smallest absolute Gasteiger partial charge is 0.262 e. The zero-order valence-corrected chi connectivity index (χ0v) is 16.9. The van der Waals surface area contributed by atoms with Gasteiger partial charge in [-0.05, 0) is 37.5 Å². The summed E-state index contributed by atoms with van der Waals surface area (Å²) in [5.74, 6) is -1.66.